The van der Waals surface area contributed by atoms with Gasteiger partial charge in [0.2, 0.25) is 5.91 Å². The lowest BCUT2D eigenvalue weighted by Gasteiger charge is -2.43. The van der Waals surface area contributed by atoms with Crippen LogP contribution in [0.1, 0.15) is 66.7 Å². The van der Waals surface area contributed by atoms with Crippen molar-refractivity contribution in [2.45, 2.75) is 58.2 Å². The first-order chi connectivity index (χ1) is 14.8. The van der Waals surface area contributed by atoms with Gasteiger partial charge >= 0.3 is 0 Å². The topological polar surface area (TPSA) is 85.3 Å². The molecule has 6 heteroatoms. The van der Waals surface area contributed by atoms with Crippen molar-refractivity contribution in [3.8, 4) is 0 Å². The van der Waals surface area contributed by atoms with Crippen LogP contribution in [0, 0.1) is 11.3 Å². The summed E-state index contributed by atoms with van der Waals surface area (Å²) >= 11 is 0. The highest BCUT2D eigenvalue weighted by Crippen LogP contribution is 2.31. The van der Waals surface area contributed by atoms with Crippen LogP contribution >= 0.6 is 0 Å². The summed E-state index contributed by atoms with van der Waals surface area (Å²) in [6.07, 6.45) is 2.22. The number of hydrogen-bond acceptors (Lipinski definition) is 3. The zero-order valence-corrected chi connectivity index (χ0v) is 18.4. The van der Waals surface area contributed by atoms with Crippen molar-refractivity contribution in [1.82, 2.24) is 15.5 Å². The van der Waals surface area contributed by atoms with Crippen molar-refractivity contribution in [1.29, 1.82) is 5.41 Å². The molecule has 0 aromatic heterocycles. The van der Waals surface area contributed by atoms with E-state index in [1.54, 1.807) is 6.07 Å². The minimum Gasteiger partial charge on any atom is -0.350 e. The van der Waals surface area contributed by atoms with Crippen molar-refractivity contribution in [2.75, 3.05) is 0 Å². The second-order valence-corrected chi connectivity index (χ2v) is 9.17. The molecule has 3 N–H and O–H groups in total. The largest absolute Gasteiger partial charge is 0.350 e. The molecule has 1 aliphatic carbocycles. The molecule has 1 fully saturated rings. The number of carbonyl (C=O) groups is 2. The Balaban J connectivity index is 1.45. The van der Waals surface area contributed by atoms with Crippen LogP contribution in [0.2, 0.25) is 0 Å². The van der Waals surface area contributed by atoms with Crippen molar-refractivity contribution in [2.24, 2.45) is 5.92 Å². The Bertz CT molecular complexity index is 1010. The van der Waals surface area contributed by atoms with E-state index in [0.717, 1.165) is 18.4 Å². The molecule has 0 saturated carbocycles. The van der Waals surface area contributed by atoms with Gasteiger partial charge in [0.15, 0.2) is 5.96 Å². The van der Waals surface area contributed by atoms with Crippen LogP contribution in [-0.4, -0.2) is 28.2 Å². The Morgan fingerprint density at radius 2 is 2.03 bits per heavy atom. The van der Waals surface area contributed by atoms with Gasteiger partial charge in [0.25, 0.3) is 5.91 Å². The van der Waals surface area contributed by atoms with Crippen LogP contribution in [0.25, 0.3) is 0 Å². The van der Waals surface area contributed by atoms with Gasteiger partial charge in [-0.25, -0.2) is 0 Å². The summed E-state index contributed by atoms with van der Waals surface area (Å²) in [6, 6.07) is 15.6. The van der Waals surface area contributed by atoms with Crippen molar-refractivity contribution >= 4 is 17.8 Å². The Morgan fingerprint density at radius 3 is 2.77 bits per heavy atom. The minimum absolute atomic E-state index is 0.0297. The summed E-state index contributed by atoms with van der Waals surface area (Å²) in [5.41, 5.74) is 3.47. The molecule has 2 aromatic carbocycles. The molecule has 0 radical (unpaired) electrons. The summed E-state index contributed by atoms with van der Waals surface area (Å²) in [5.74, 6) is 0.156. The molecule has 0 spiro atoms. The third kappa shape index (κ3) is 4.20. The molecule has 2 aliphatic rings. The van der Waals surface area contributed by atoms with Gasteiger partial charge in [-0.1, -0.05) is 50.2 Å². The van der Waals surface area contributed by atoms with E-state index in [1.807, 2.05) is 51.1 Å². The SMILES string of the molecule is CC(C)[C@]1(C)CC(=O)N(Cc2cccc(C(=O)N[C@H]3CCc4ccccc43)c2)C(=N)N1. The van der Waals surface area contributed by atoms with Crippen molar-refractivity contribution in [3.63, 3.8) is 0 Å². The summed E-state index contributed by atoms with van der Waals surface area (Å²) in [5, 5.41) is 14.7. The molecular formula is C25H30N4O2. The molecule has 4 rings (SSSR count). The van der Waals surface area contributed by atoms with E-state index < -0.39 is 5.54 Å². The number of guanidine groups is 1. The van der Waals surface area contributed by atoms with E-state index in [0.29, 0.717) is 12.0 Å². The Hall–Kier alpha value is -3.15. The van der Waals surface area contributed by atoms with Crippen LogP contribution < -0.4 is 10.6 Å². The maximum atomic E-state index is 12.9. The van der Waals surface area contributed by atoms with Crippen molar-refractivity contribution < 1.29 is 9.59 Å². The predicted octanol–water partition coefficient (Wildman–Crippen LogP) is 3.78. The van der Waals surface area contributed by atoms with E-state index in [1.165, 1.54) is 16.0 Å². The second-order valence-electron chi connectivity index (χ2n) is 9.17. The zero-order valence-electron chi connectivity index (χ0n) is 18.4. The highest BCUT2D eigenvalue weighted by atomic mass is 16.2. The monoisotopic (exact) mass is 418 g/mol. The van der Waals surface area contributed by atoms with Crippen LogP contribution in [0.5, 0.6) is 0 Å². The molecule has 2 atom stereocenters. The fourth-order valence-corrected chi connectivity index (χ4v) is 4.37. The van der Waals surface area contributed by atoms with Gasteiger partial charge in [0, 0.05) is 11.1 Å². The number of amides is 2. The van der Waals surface area contributed by atoms with E-state index in [9.17, 15) is 9.59 Å². The first kappa shape index (κ1) is 21.1. The van der Waals surface area contributed by atoms with E-state index >= 15 is 0 Å². The average molecular weight is 419 g/mol. The lowest BCUT2D eigenvalue weighted by molar-refractivity contribution is -0.131. The second kappa shape index (κ2) is 8.17. The molecular weight excluding hydrogens is 388 g/mol. The summed E-state index contributed by atoms with van der Waals surface area (Å²) in [7, 11) is 0. The third-order valence-corrected chi connectivity index (χ3v) is 6.74. The van der Waals surface area contributed by atoms with E-state index in [2.05, 4.69) is 22.8 Å². The first-order valence-corrected chi connectivity index (χ1v) is 10.9. The fraction of sp³-hybridized carbons (Fsp3) is 0.400. The first-order valence-electron chi connectivity index (χ1n) is 10.9. The van der Waals surface area contributed by atoms with Crippen LogP contribution in [0.4, 0.5) is 0 Å². The summed E-state index contributed by atoms with van der Waals surface area (Å²) in [4.78, 5) is 27.1. The highest BCUT2D eigenvalue weighted by Gasteiger charge is 2.40. The highest BCUT2D eigenvalue weighted by molar-refractivity contribution is 5.99. The number of rotatable bonds is 5. The molecule has 0 bridgehead atoms. The van der Waals surface area contributed by atoms with Crippen LogP contribution in [0.15, 0.2) is 48.5 Å². The van der Waals surface area contributed by atoms with Gasteiger partial charge in [-0.05, 0) is 54.5 Å². The smallest absolute Gasteiger partial charge is 0.251 e. The third-order valence-electron chi connectivity index (χ3n) is 6.74. The van der Waals surface area contributed by atoms with Gasteiger partial charge in [0.1, 0.15) is 0 Å². The maximum Gasteiger partial charge on any atom is 0.251 e. The van der Waals surface area contributed by atoms with E-state index in [4.69, 9.17) is 5.41 Å². The quantitative estimate of drug-likeness (QED) is 0.691. The van der Waals surface area contributed by atoms with Gasteiger partial charge in [-0.2, -0.15) is 0 Å². The number of benzene rings is 2. The molecule has 31 heavy (non-hydrogen) atoms. The van der Waals surface area contributed by atoms with Gasteiger partial charge in [0.05, 0.1) is 19.0 Å². The number of hydrogen-bond donors (Lipinski definition) is 3. The lowest BCUT2D eigenvalue weighted by atomic mass is 9.83. The Morgan fingerprint density at radius 1 is 1.26 bits per heavy atom. The predicted molar refractivity (Wildman–Crippen MR) is 121 cm³/mol. The normalized spacial score (nSPS) is 23.0. The standard InChI is InChI=1S/C25H30N4O2/c1-16(2)25(3)14-22(30)29(24(26)28-25)15-17-7-6-9-19(13-17)23(31)27-21-12-11-18-8-4-5-10-20(18)21/h4-10,13,16,21H,11-12,14-15H2,1-3H3,(H2,26,28)(H,27,31)/t21-,25-/m0/s1. The number of carbonyl (C=O) groups excluding carboxylic acids is 2. The molecule has 6 nitrogen and oxygen atoms in total. The van der Waals surface area contributed by atoms with Gasteiger partial charge in [-0.3, -0.25) is 19.9 Å². The fourth-order valence-electron chi connectivity index (χ4n) is 4.37. The summed E-state index contributed by atoms with van der Waals surface area (Å²) in [6.45, 7) is 6.35. The number of nitrogens with one attached hydrogen (secondary N) is 3. The van der Waals surface area contributed by atoms with Gasteiger partial charge in [-0.15, -0.1) is 0 Å². The number of nitrogens with zero attached hydrogens (tertiary/aromatic N) is 1. The molecule has 1 aliphatic heterocycles. The van der Waals surface area contributed by atoms with Crippen molar-refractivity contribution in [3.05, 3.63) is 70.8 Å². The molecule has 0 unspecified atom stereocenters. The minimum atomic E-state index is -0.413. The zero-order chi connectivity index (χ0) is 22.2. The lowest BCUT2D eigenvalue weighted by Crippen LogP contribution is -2.62. The number of fused-ring (bicyclic) bond motifs is 1. The molecule has 1 saturated heterocycles. The van der Waals surface area contributed by atoms with Crippen LogP contribution in [0.3, 0.4) is 0 Å². The average Bonchev–Trinajstić information content (AvgIpc) is 3.14. The Labute approximate surface area is 183 Å². The molecule has 1 heterocycles. The molecule has 2 amide bonds. The van der Waals surface area contributed by atoms with Crippen LogP contribution in [-0.2, 0) is 17.8 Å². The number of aryl methyl sites for hydroxylation is 1. The molecule has 162 valence electrons. The van der Waals surface area contributed by atoms with Gasteiger partial charge < -0.3 is 10.6 Å². The van der Waals surface area contributed by atoms with E-state index in [-0.39, 0.29) is 36.3 Å². The maximum absolute atomic E-state index is 12.9. The molecule has 2 aromatic rings. The Kier molecular flexibility index (Phi) is 5.56. The summed E-state index contributed by atoms with van der Waals surface area (Å²) < 4.78 is 0.